The summed E-state index contributed by atoms with van der Waals surface area (Å²) in [4.78, 5) is 9.24. The van der Waals surface area contributed by atoms with Crippen LogP contribution in [0.5, 0.6) is 0 Å². The van der Waals surface area contributed by atoms with Crippen LogP contribution in [0.25, 0.3) is 0 Å². The van der Waals surface area contributed by atoms with Crippen LogP contribution in [0.4, 0.5) is 0 Å². The molecular weight excluding hydrogens is 324 g/mol. The molecule has 2 aliphatic heterocycles. The van der Waals surface area contributed by atoms with E-state index in [1.165, 1.54) is 17.5 Å². The van der Waals surface area contributed by atoms with Crippen molar-refractivity contribution in [2.45, 2.75) is 52.3 Å². The van der Waals surface area contributed by atoms with E-state index in [9.17, 15) is 5.11 Å². The second-order valence-corrected chi connectivity index (χ2v) is 8.56. The molecule has 0 aliphatic carbocycles. The average molecular weight is 359 g/mol. The van der Waals surface area contributed by atoms with Crippen molar-refractivity contribution >= 4 is 5.96 Å². The molecule has 144 valence electrons. The van der Waals surface area contributed by atoms with Gasteiger partial charge in [-0.05, 0) is 35.8 Å². The summed E-state index contributed by atoms with van der Waals surface area (Å²) in [6, 6.07) is 8.87. The highest BCUT2D eigenvalue weighted by Crippen LogP contribution is 2.28. The Kier molecular flexibility index (Phi) is 6.20. The number of guanidine groups is 1. The predicted molar refractivity (Wildman–Crippen MR) is 107 cm³/mol. The highest BCUT2D eigenvalue weighted by atomic mass is 16.3. The number of aliphatic hydroxyl groups is 1. The topological polar surface area (TPSA) is 51.1 Å². The molecule has 5 nitrogen and oxygen atoms in total. The molecule has 0 bridgehead atoms. The summed E-state index contributed by atoms with van der Waals surface area (Å²) in [7, 11) is 1.87. The summed E-state index contributed by atoms with van der Waals surface area (Å²) in [6.07, 6.45) is 2.91. The fourth-order valence-corrected chi connectivity index (χ4v) is 3.90. The maximum atomic E-state index is 9.61. The molecule has 0 aromatic heterocycles. The third kappa shape index (κ3) is 5.21. The number of benzene rings is 1. The lowest BCUT2D eigenvalue weighted by molar-refractivity contribution is 0.0792. The van der Waals surface area contributed by atoms with E-state index >= 15 is 0 Å². The summed E-state index contributed by atoms with van der Waals surface area (Å²) in [5.74, 6) is 1.01. The maximum Gasteiger partial charge on any atom is 0.193 e. The van der Waals surface area contributed by atoms with Crippen molar-refractivity contribution in [3.8, 4) is 0 Å². The van der Waals surface area contributed by atoms with Crippen LogP contribution in [-0.2, 0) is 13.1 Å². The van der Waals surface area contributed by atoms with Gasteiger partial charge in [0.25, 0.3) is 0 Å². The molecule has 2 saturated heterocycles. The quantitative estimate of drug-likeness (QED) is 0.641. The highest BCUT2D eigenvalue weighted by molar-refractivity contribution is 5.80. The van der Waals surface area contributed by atoms with E-state index in [0.717, 1.165) is 58.1 Å². The minimum atomic E-state index is -0.102. The minimum absolute atomic E-state index is 0.102. The van der Waals surface area contributed by atoms with E-state index in [0.29, 0.717) is 5.41 Å². The second kappa shape index (κ2) is 8.40. The summed E-state index contributed by atoms with van der Waals surface area (Å²) < 4.78 is 0. The number of aliphatic imine (C=N–C) groups is 1. The fourth-order valence-electron chi connectivity index (χ4n) is 3.90. The lowest BCUT2D eigenvalue weighted by Crippen LogP contribution is -2.40. The maximum absolute atomic E-state index is 9.61. The Morgan fingerprint density at radius 1 is 1.15 bits per heavy atom. The van der Waals surface area contributed by atoms with Gasteiger partial charge >= 0.3 is 0 Å². The van der Waals surface area contributed by atoms with Crippen molar-refractivity contribution in [1.82, 2.24) is 15.1 Å². The molecule has 0 unspecified atom stereocenters. The van der Waals surface area contributed by atoms with Gasteiger partial charge in [-0.1, -0.05) is 38.1 Å². The van der Waals surface area contributed by atoms with Crippen LogP contribution in [0.3, 0.4) is 0 Å². The largest absolute Gasteiger partial charge is 0.393 e. The molecule has 1 aromatic carbocycles. The van der Waals surface area contributed by atoms with E-state index in [1.54, 1.807) is 0 Å². The molecule has 0 radical (unpaired) electrons. The van der Waals surface area contributed by atoms with Crippen molar-refractivity contribution in [3.05, 3.63) is 35.4 Å². The van der Waals surface area contributed by atoms with Crippen LogP contribution in [-0.4, -0.2) is 60.2 Å². The van der Waals surface area contributed by atoms with Crippen LogP contribution in [0.2, 0.25) is 0 Å². The molecule has 2 fully saturated rings. The first-order valence-electron chi connectivity index (χ1n) is 9.89. The molecule has 0 atom stereocenters. The number of nitrogens with zero attached hydrogens (tertiary/aromatic N) is 3. The van der Waals surface area contributed by atoms with Crippen molar-refractivity contribution in [2.75, 3.05) is 33.2 Å². The van der Waals surface area contributed by atoms with Gasteiger partial charge in [-0.3, -0.25) is 9.89 Å². The molecule has 5 heteroatoms. The van der Waals surface area contributed by atoms with E-state index in [1.807, 2.05) is 7.05 Å². The van der Waals surface area contributed by atoms with Crippen molar-refractivity contribution in [3.63, 3.8) is 0 Å². The molecule has 26 heavy (non-hydrogen) atoms. The first kappa shape index (κ1) is 19.2. The Morgan fingerprint density at radius 2 is 1.81 bits per heavy atom. The SMILES string of the molecule is CN=C(NCc1ccc(CN2CCC(O)CC2)cc1)N1CCC(C)(C)C1. The van der Waals surface area contributed by atoms with Crippen molar-refractivity contribution in [2.24, 2.45) is 10.4 Å². The molecule has 0 amide bonds. The van der Waals surface area contributed by atoms with Gasteiger partial charge in [-0.15, -0.1) is 0 Å². The molecule has 2 heterocycles. The number of aliphatic hydroxyl groups excluding tert-OH is 1. The molecule has 3 rings (SSSR count). The number of likely N-dealkylation sites (tertiary alicyclic amines) is 2. The fraction of sp³-hybridized carbons (Fsp3) is 0.667. The smallest absolute Gasteiger partial charge is 0.193 e. The molecular formula is C21H34N4O. The van der Waals surface area contributed by atoms with Gasteiger partial charge in [0.2, 0.25) is 0 Å². The van der Waals surface area contributed by atoms with Crippen LogP contribution < -0.4 is 5.32 Å². The number of rotatable bonds is 4. The normalized spacial score (nSPS) is 22.0. The summed E-state index contributed by atoms with van der Waals surface area (Å²) in [6.45, 7) is 10.6. The van der Waals surface area contributed by atoms with Gasteiger partial charge in [0.05, 0.1) is 6.10 Å². The Hall–Kier alpha value is -1.59. The van der Waals surface area contributed by atoms with Crippen LogP contribution in [0.15, 0.2) is 29.3 Å². The lowest BCUT2D eigenvalue weighted by Gasteiger charge is -2.29. The zero-order chi connectivity index (χ0) is 18.6. The van der Waals surface area contributed by atoms with Gasteiger partial charge in [0, 0.05) is 46.3 Å². The zero-order valence-corrected chi connectivity index (χ0v) is 16.5. The lowest BCUT2D eigenvalue weighted by atomic mass is 9.93. The predicted octanol–water partition coefficient (Wildman–Crippen LogP) is 2.45. The summed E-state index contributed by atoms with van der Waals surface area (Å²) in [5, 5.41) is 13.1. The molecule has 0 spiro atoms. The van der Waals surface area contributed by atoms with Gasteiger partial charge in [0.15, 0.2) is 5.96 Å². The summed E-state index contributed by atoms with van der Waals surface area (Å²) in [5.41, 5.74) is 3.00. The zero-order valence-electron chi connectivity index (χ0n) is 16.5. The number of nitrogens with one attached hydrogen (secondary N) is 1. The highest BCUT2D eigenvalue weighted by Gasteiger charge is 2.30. The Bertz CT molecular complexity index is 603. The summed E-state index contributed by atoms with van der Waals surface area (Å²) >= 11 is 0. The molecule has 0 saturated carbocycles. The van der Waals surface area contributed by atoms with E-state index in [4.69, 9.17) is 0 Å². The Labute approximate surface area is 158 Å². The molecule has 2 N–H and O–H groups in total. The third-order valence-electron chi connectivity index (χ3n) is 5.63. The monoisotopic (exact) mass is 358 g/mol. The van der Waals surface area contributed by atoms with Gasteiger partial charge in [0.1, 0.15) is 0 Å². The van der Waals surface area contributed by atoms with Crippen molar-refractivity contribution < 1.29 is 5.11 Å². The van der Waals surface area contributed by atoms with Crippen molar-refractivity contribution in [1.29, 1.82) is 0 Å². The van der Waals surface area contributed by atoms with Gasteiger partial charge < -0.3 is 15.3 Å². The van der Waals surface area contributed by atoms with E-state index in [2.05, 4.69) is 58.2 Å². The van der Waals surface area contributed by atoms with Gasteiger partial charge in [-0.25, -0.2) is 0 Å². The number of hydrogen-bond acceptors (Lipinski definition) is 3. The standard InChI is InChI=1S/C21H34N4O/c1-21(2)10-13-25(16-21)20(22-3)23-14-17-4-6-18(7-5-17)15-24-11-8-19(26)9-12-24/h4-7,19,26H,8-16H2,1-3H3,(H,22,23). The Balaban J connectivity index is 1.48. The first-order valence-corrected chi connectivity index (χ1v) is 9.89. The average Bonchev–Trinajstić information content (AvgIpc) is 2.99. The third-order valence-corrected chi connectivity index (χ3v) is 5.63. The number of hydrogen-bond donors (Lipinski definition) is 2. The van der Waals surface area contributed by atoms with Crippen LogP contribution in [0.1, 0.15) is 44.2 Å². The van der Waals surface area contributed by atoms with Gasteiger partial charge in [-0.2, -0.15) is 0 Å². The second-order valence-electron chi connectivity index (χ2n) is 8.56. The molecule has 2 aliphatic rings. The number of piperidine rings is 1. The van der Waals surface area contributed by atoms with E-state index in [-0.39, 0.29) is 6.10 Å². The minimum Gasteiger partial charge on any atom is -0.393 e. The van der Waals surface area contributed by atoms with Crippen LogP contribution >= 0.6 is 0 Å². The van der Waals surface area contributed by atoms with Crippen LogP contribution in [0, 0.1) is 5.41 Å². The first-order chi connectivity index (χ1) is 12.4. The van der Waals surface area contributed by atoms with E-state index < -0.39 is 0 Å². The molecule has 1 aromatic rings. The Morgan fingerprint density at radius 3 is 2.38 bits per heavy atom.